The van der Waals surface area contributed by atoms with Crippen LogP contribution in [0.3, 0.4) is 0 Å². The van der Waals surface area contributed by atoms with Crippen LogP contribution in [0.25, 0.3) is 0 Å². The largest absolute Gasteiger partial charge is 0.271 e. The highest BCUT2D eigenvalue weighted by molar-refractivity contribution is 5.27. The summed E-state index contributed by atoms with van der Waals surface area (Å²) < 4.78 is 0. The fraction of sp³-hybridized carbons (Fsp3) is 0.0833. The molecule has 0 spiro atoms. The molecular formula is C12H13N3. The predicted octanol–water partition coefficient (Wildman–Crippen LogP) is 1.63. The molecule has 3 nitrogen and oxygen atoms in total. The number of aromatic nitrogens is 1. The van der Waals surface area contributed by atoms with Crippen molar-refractivity contribution in [3.05, 3.63) is 66.0 Å². The third-order valence-electron chi connectivity index (χ3n) is 2.28. The molecule has 1 heterocycles. The van der Waals surface area contributed by atoms with Crippen molar-refractivity contribution in [3.8, 4) is 0 Å². The van der Waals surface area contributed by atoms with Gasteiger partial charge >= 0.3 is 0 Å². The third-order valence-corrected chi connectivity index (χ3v) is 2.28. The van der Waals surface area contributed by atoms with Crippen LogP contribution in [-0.4, -0.2) is 4.98 Å². The molecular weight excluding hydrogens is 186 g/mol. The molecule has 3 N–H and O–H groups in total. The molecule has 0 saturated heterocycles. The average molecular weight is 199 g/mol. The predicted molar refractivity (Wildman–Crippen MR) is 59.8 cm³/mol. The van der Waals surface area contributed by atoms with E-state index in [1.807, 2.05) is 48.5 Å². The van der Waals surface area contributed by atoms with Crippen molar-refractivity contribution >= 4 is 0 Å². The number of hydrogen-bond acceptors (Lipinski definition) is 3. The lowest BCUT2D eigenvalue weighted by molar-refractivity contribution is 0.621. The first-order valence-electron chi connectivity index (χ1n) is 4.84. The van der Waals surface area contributed by atoms with Crippen molar-refractivity contribution in [3.63, 3.8) is 0 Å². The smallest absolute Gasteiger partial charge is 0.0881 e. The molecule has 0 saturated carbocycles. The van der Waals surface area contributed by atoms with Crippen molar-refractivity contribution in [2.75, 3.05) is 0 Å². The molecule has 1 atom stereocenters. The zero-order valence-electron chi connectivity index (χ0n) is 8.30. The number of pyridine rings is 1. The lowest BCUT2D eigenvalue weighted by Gasteiger charge is -2.15. The van der Waals surface area contributed by atoms with Crippen molar-refractivity contribution in [2.24, 2.45) is 5.84 Å². The summed E-state index contributed by atoms with van der Waals surface area (Å²) >= 11 is 0. The van der Waals surface area contributed by atoms with Crippen molar-refractivity contribution in [1.29, 1.82) is 0 Å². The van der Waals surface area contributed by atoms with E-state index in [4.69, 9.17) is 5.84 Å². The lowest BCUT2D eigenvalue weighted by atomic mass is 10.0. The maximum atomic E-state index is 5.55. The first-order valence-corrected chi connectivity index (χ1v) is 4.84. The van der Waals surface area contributed by atoms with E-state index in [1.165, 1.54) is 0 Å². The molecule has 0 unspecified atom stereocenters. The number of hydrazine groups is 1. The van der Waals surface area contributed by atoms with E-state index in [0.29, 0.717) is 0 Å². The zero-order valence-corrected chi connectivity index (χ0v) is 8.30. The van der Waals surface area contributed by atoms with E-state index in [0.717, 1.165) is 11.3 Å². The van der Waals surface area contributed by atoms with Gasteiger partial charge in [-0.3, -0.25) is 10.8 Å². The van der Waals surface area contributed by atoms with Gasteiger partial charge in [-0.05, 0) is 17.7 Å². The van der Waals surface area contributed by atoms with Gasteiger partial charge in [0.15, 0.2) is 0 Å². The fourth-order valence-electron chi connectivity index (χ4n) is 1.54. The highest BCUT2D eigenvalue weighted by Gasteiger charge is 2.11. The van der Waals surface area contributed by atoms with Gasteiger partial charge in [-0.15, -0.1) is 0 Å². The van der Waals surface area contributed by atoms with Crippen LogP contribution in [0.5, 0.6) is 0 Å². The lowest BCUT2D eigenvalue weighted by Crippen LogP contribution is -2.29. The van der Waals surface area contributed by atoms with Crippen LogP contribution >= 0.6 is 0 Å². The number of nitrogens with one attached hydrogen (secondary N) is 1. The number of rotatable bonds is 3. The molecule has 1 aromatic heterocycles. The summed E-state index contributed by atoms with van der Waals surface area (Å²) in [4.78, 5) is 4.28. The summed E-state index contributed by atoms with van der Waals surface area (Å²) in [5.41, 5.74) is 4.80. The molecule has 2 aromatic rings. The van der Waals surface area contributed by atoms with E-state index in [-0.39, 0.29) is 6.04 Å². The van der Waals surface area contributed by atoms with Gasteiger partial charge in [0.1, 0.15) is 0 Å². The van der Waals surface area contributed by atoms with Crippen molar-refractivity contribution in [2.45, 2.75) is 6.04 Å². The Hall–Kier alpha value is -1.71. The monoisotopic (exact) mass is 199 g/mol. The van der Waals surface area contributed by atoms with Crippen LogP contribution < -0.4 is 11.3 Å². The summed E-state index contributed by atoms with van der Waals surface area (Å²) in [6, 6.07) is 15.8. The molecule has 0 aliphatic carbocycles. The van der Waals surface area contributed by atoms with Gasteiger partial charge in [-0.1, -0.05) is 36.4 Å². The molecule has 2 rings (SSSR count). The van der Waals surface area contributed by atoms with Crippen LogP contribution in [0.2, 0.25) is 0 Å². The van der Waals surface area contributed by atoms with Gasteiger partial charge in [0.25, 0.3) is 0 Å². The van der Waals surface area contributed by atoms with Gasteiger partial charge in [0.05, 0.1) is 11.7 Å². The Balaban J connectivity index is 2.34. The highest BCUT2D eigenvalue weighted by Crippen LogP contribution is 2.18. The van der Waals surface area contributed by atoms with Gasteiger partial charge in [0.2, 0.25) is 0 Å². The zero-order chi connectivity index (χ0) is 10.5. The first-order chi connectivity index (χ1) is 7.42. The van der Waals surface area contributed by atoms with E-state index < -0.39 is 0 Å². The highest BCUT2D eigenvalue weighted by atomic mass is 15.2. The molecule has 1 aromatic carbocycles. The summed E-state index contributed by atoms with van der Waals surface area (Å²) in [6.07, 6.45) is 1.77. The SMILES string of the molecule is NN[C@@H](c1ccccc1)c1ccccn1. The normalized spacial score (nSPS) is 12.3. The Morgan fingerprint density at radius 3 is 2.33 bits per heavy atom. The average Bonchev–Trinajstić information content (AvgIpc) is 2.33. The van der Waals surface area contributed by atoms with Gasteiger partial charge < -0.3 is 0 Å². The molecule has 0 aliphatic rings. The minimum absolute atomic E-state index is 0.0487. The summed E-state index contributed by atoms with van der Waals surface area (Å²) in [7, 11) is 0. The maximum absolute atomic E-state index is 5.55. The molecule has 15 heavy (non-hydrogen) atoms. The van der Waals surface area contributed by atoms with Crippen LogP contribution in [-0.2, 0) is 0 Å². The van der Waals surface area contributed by atoms with Crippen LogP contribution in [0.15, 0.2) is 54.7 Å². The summed E-state index contributed by atoms with van der Waals surface area (Å²) in [5, 5.41) is 0. The van der Waals surface area contributed by atoms with Gasteiger partial charge in [-0.2, -0.15) is 0 Å². The molecule has 0 radical (unpaired) electrons. The van der Waals surface area contributed by atoms with Crippen molar-refractivity contribution < 1.29 is 0 Å². The van der Waals surface area contributed by atoms with Crippen LogP contribution in [0.1, 0.15) is 17.3 Å². The second-order valence-electron chi connectivity index (χ2n) is 3.26. The number of benzene rings is 1. The van der Waals surface area contributed by atoms with Gasteiger partial charge in [-0.25, -0.2) is 5.43 Å². The number of hydrogen-bond donors (Lipinski definition) is 2. The Morgan fingerprint density at radius 1 is 1.00 bits per heavy atom. The Bertz CT molecular complexity index is 360. The minimum atomic E-state index is -0.0487. The topological polar surface area (TPSA) is 50.9 Å². The quantitative estimate of drug-likeness (QED) is 0.583. The van der Waals surface area contributed by atoms with Crippen molar-refractivity contribution in [1.82, 2.24) is 10.4 Å². The fourth-order valence-corrected chi connectivity index (χ4v) is 1.54. The van der Waals surface area contributed by atoms with Crippen LogP contribution in [0, 0.1) is 0 Å². The van der Waals surface area contributed by atoms with E-state index >= 15 is 0 Å². The maximum Gasteiger partial charge on any atom is 0.0881 e. The Morgan fingerprint density at radius 2 is 1.73 bits per heavy atom. The molecule has 0 amide bonds. The Labute approximate surface area is 88.9 Å². The molecule has 76 valence electrons. The second kappa shape index (κ2) is 4.68. The number of nitrogens with two attached hydrogens (primary N) is 1. The van der Waals surface area contributed by atoms with Gasteiger partial charge in [0, 0.05) is 6.20 Å². The van der Waals surface area contributed by atoms with E-state index in [2.05, 4.69) is 10.4 Å². The molecule has 0 bridgehead atoms. The minimum Gasteiger partial charge on any atom is -0.271 e. The molecule has 0 fully saturated rings. The summed E-state index contributed by atoms with van der Waals surface area (Å²) in [6.45, 7) is 0. The van der Waals surface area contributed by atoms with E-state index in [9.17, 15) is 0 Å². The second-order valence-corrected chi connectivity index (χ2v) is 3.26. The number of nitrogens with zero attached hydrogens (tertiary/aromatic N) is 1. The molecule has 3 heteroatoms. The summed E-state index contributed by atoms with van der Waals surface area (Å²) in [5.74, 6) is 5.55. The first kappa shape index (κ1) is 9.83. The standard InChI is InChI=1S/C12H13N3/c13-15-12(10-6-2-1-3-7-10)11-8-4-5-9-14-11/h1-9,12,15H,13H2/t12-/m0/s1. The Kier molecular flexibility index (Phi) is 3.07. The van der Waals surface area contributed by atoms with Crippen LogP contribution in [0.4, 0.5) is 0 Å². The third kappa shape index (κ3) is 2.21. The van der Waals surface area contributed by atoms with E-state index in [1.54, 1.807) is 6.20 Å². The molecule has 0 aliphatic heterocycles.